The first kappa shape index (κ1) is 9.02. The zero-order valence-electron chi connectivity index (χ0n) is 7.55. The lowest BCUT2D eigenvalue weighted by Gasteiger charge is -2.15. The van der Waals surface area contributed by atoms with Crippen LogP contribution in [0.5, 0.6) is 0 Å². The Bertz CT molecular complexity index is 283. The van der Waals surface area contributed by atoms with Crippen molar-refractivity contribution in [2.45, 2.75) is 24.2 Å². The Morgan fingerprint density at radius 2 is 2.62 bits per heavy atom. The van der Waals surface area contributed by atoms with Crippen molar-refractivity contribution in [1.82, 2.24) is 15.0 Å². The van der Waals surface area contributed by atoms with Gasteiger partial charge in [-0.2, -0.15) is 11.8 Å². The van der Waals surface area contributed by atoms with E-state index in [1.54, 1.807) is 10.9 Å². The van der Waals surface area contributed by atoms with Gasteiger partial charge in [0.25, 0.3) is 0 Å². The molecule has 2 atom stereocenters. The van der Waals surface area contributed by atoms with Crippen molar-refractivity contribution in [3.05, 3.63) is 11.9 Å². The average molecular weight is 199 g/mol. The number of hydrogen-bond acceptors (Lipinski definition) is 4. The molecule has 0 saturated carbocycles. The van der Waals surface area contributed by atoms with Crippen molar-refractivity contribution in [2.24, 2.45) is 7.05 Å². The Kier molecular flexibility index (Phi) is 2.55. The molecule has 0 aromatic carbocycles. The maximum atomic E-state index is 9.97. The summed E-state index contributed by atoms with van der Waals surface area (Å²) in [6, 6.07) is 0. The van der Waals surface area contributed by atoms with Crippen LogP contribution in [0.25, 0.3) is 0 Å². The molecular formula is C8H13N3OS. The third-order valence-electron chi connectivity index (χ3n) is 2.37. The molecule has 1 aliphatic heterocycles. The van der Waals surface area contributed by atoms with Crippen LogP contribution in [0.3, 0.4) is 0 Å². The smallest absolute Gasteiger partial charge is 0.109 e. The van der Waals surface area contributed by atoms with Gasteiger partial charge in [0.15, 0.2) is 0 Å². The summed E-state index contributed by atoms with van der Waals surface area (Å²) >= 11 is 1.84. The van der Waals surface area contributed by atoms with Crippen LogP contribution in [0.15, 0.2) is 6.20 Å². The van der Waals surface area contributed by atoms with Crippen molar-refractivity contribution >= 4 is 11.8 Å². The molecule has 5 heteroatoms. The number of rotatable bonds is 2. The zero-order valence-corrected chi connectivity index (χ0v) is 8.37. The highest BCUT2D eigenvalue weighted by atomic mass is 32.2. The van der Waals surface area contributed by atoms with E-state index in [4.69, 9.17) is 0 Å². The van der Waals surface area contributed by atoms with Gasteiger partial charge in [0.1, 0.15) is 6.10 Å². The molecule has 4 nitrogen and oxygen atoms in total. The topological polar surface area (TPSA) is 50.9 Å². The predicted octanol–water partition coefficient (Wildman–Crippen LogP) is 0.744. The van der Waals surface area contributed by atoms with E-state index in [0.29, 0.717) is 5.25 Å². The highest BCUT2D eigenvalue weighted by Crippen LogP contribution is 2.35. The second-order valence-electron chi connectivity index (χ2n) is 3.28. The van der Waals surface area contributed by atoms with Crippen LogP contribution in [0.4, 0.5) is 0 Å². The minimum Gasteiger partial charge on any atom is -0.386 e. The van der Waals surface area contributed by atoms with Crippen LogP contribution in [0, 0.1) is 0 Å². The summed E-state index contributed by atoms with van der Waals surface area (Å²) in [6.07, 6.45) is 3.53. The normalized spacial score (nSPS) is 24.9. The molecule has 1 aromatic heterocycles. The van der Waals surface area contributed by atoms with E-state index in [0.717, 1.165) is 17.9 Å². The molecule has 1 aromatic rings. The summed E-state index contributed by atoms with van der Waals surface area (Å²) in [5.74, 6) is 1.16. The summed E-state index contributed by atoms with van der Waals surface area (Å²) in [7, 11) is 1.81. The minimum atomic E-state index is -0.410. The lowest BCUT2D eigenvalue weighted by Crippen LogP contribution is -2.15. The van der Waals surface area contributed by atoms with Gasteiger partial charge in [-0.25, -0.2) is 4.68 Å². The lowest BCUT2D eigenvalue weighted by molar-refractivity contribution is 0.163. The van der Waals surface area contributed by atoms with Crippen LogP contribution in [-0.4, -0.2) is 31.1 Å². The fourth-order valence-electron chi connectivity index (χ4n) is 1.61. The van der Waals surface area contributed by atoms with Gasteiger partial charge in [0.2, 0.25) is 0 Å². The van der Waals surface area contributed by atoms with Crippen molar-refractivity contribution < 1.29 is 5.11 Å². The number of aromatic nitrogens is 3. The molecule has 72 valence electrons. The molecule has 2 heterocycles. The molecule has 0 bridgehead atoms. The third kappa shape index (κ3) is 1.71. The predicted molar refractivity (Wildman–Crippen MR) is 51.4 cm³/mol. The average Bonchev–Trinajstić information content (AvgIpc) is 2.72. The van der Waals surface area contributed by atoms with Gasteiger partial charge in [-0.3, -0.25) is 0 Å². The van der Waals surface area contributed by atoms with Crippen LogP contribution >= 0.6 is 11.8 Å². The number of thioether (sulfide) groups is 1. The van der Waals surface area contributed by atoms with E-state index in [9.17, 15) is 5.11 Å². The molecule has 1 N–H and O–H groups in total. The molecular weight excluding hydrogens is 186 g/mol. The van der Waals surface area contributed by atoms with Crippen molar-refractivity contribution in [3.8, 4) is 0 Å². The monoisotopic (exact) mass is 199 g/mol. The number of aryl methyl sites for hydroxylation is 1. The summed E-state index contributed by atoms with van der Waals surface area (Å²) in [4.78, 5) is 0. The Labute approximate surface area is 81.3 Å². The van der Waals surface area contributed by atoms with Crippen LogP contribution in [-0.2, 0) is 7.05 Å². The Morgan fingerprint density at radius 3 is 3.15 bits per heavy atom. The van der Waals surface area contributed by atoms with Gasteiger partial charge in [-0.15, -0.1) is 5.10 Å². The number of nitrogens with zero attached hydrogens (tertiary/aromatic N) is 3. The van der Waals surface area contributed by atoms with Crippen molar-refractivity contribution in [3.63, 3.8) is 0 Å². The molecule has 0 radical (unpaired) electrons. The molecule has 1 saturated heterocycles. The minimum absolute atomic E-state index is 0.331. The SMILES string of the molecule is Cn1nncc1C(O)C1CCCS1. The van der Waals surface area contributed by atoms with E-state index >= 15 is 0 Å². The molecule has 2 rings (SSSR count). The van der Waals surface area contributed by atoms with Gasteiger partial charge in [-0.05, 0) is 18.6 Å². The number of aliphatic hydroxyl groups is 1. The molecule has 13 heavy (non-hydrogen) atoms. The van der Waals surface area contributed by atoms with Gasteiger partial charge in [0, 0.05) is 12.3 Å². The second kappa shape index (κ2) is 3.67. The number of hydrogen-bond donors (Lipinski definition) is 1. The summed E-state index contributed by atoms with van der Waals surface area (Å²) in [5.41, 5.74) is 0.819. The Hall–Kier alpha value is -0.550. The van der Waals surface area contributed by atoms with Crippen LogP contribution in [0.1, 0.15) is 24.6 Å². The molecule has 1 aliphatic rings. The van der Waals surface area contributed by atoms with E-state index in [-0.39, 0.29) is 0 Å². The maximum absolute atomic E-state index is 9.97. The maximum Gasteiger partial charge on any atom is 0.109 e. The van der Waals surface area contributed by atoms with E-state index in [1.807, 2.05) is 18.8 Å². The fraction of sp³-hybridized carbons (Fsp3) is 0.750. The molecule has 2 unspecified atom stereocenters. The standard InChI is InChI=1S/C8H13N3OS/c1-11-6(5-9-10-11)8(12)7-3-2-4-13-7/h5,7-8,12H,2-4H2,1H3. The molecule has 0 aliphatic carbocycles. The first-order valence-corrected chi connectivity index (χ1v) is 5.48. The third-order valence-corrected chi connectivity index (χ3v) is 3.82. The van der Waals surface area contributed by atoms with Gasteiger partial charge in [-0.1, -0.05) is 5.21 Å². The Balaban J connectivity index is 2.12. The molecule has 1 fully saturated rings. The highest BCUT2D eigenvalue weighted by molar-refractivity contribution is 8.00. The van der Waals surface area contributed by atoms with E-state index < -0.39 is 6.10 Å². The first-order chi connectivity index (χ1) is 6.29. The first-order valence-electron chi connectivity index (χ1n) is 4.43. The van der Waals surface area contributed by atoms with Gasteiger partial charge >= 0.3 is 0 Å². The summed E-state index contributed by atoms with van der Waals surface area (Å²) in [6.45, 7) is 0. The van der Waals surface area contributed by atoms with Gasteiger partial charge < -0.3 is 5.11 Å². The van der Waals surface area contributed by atoms with E-state index in [2.05, 4.69) is 10.3 Å². The fourth-order valence-corrected chi connectivity index (χ4v) is 2.90. The highest BCUT2D eigenvalue weighted by Gasteiger charge is 2.27. The van der Waals surface area contributed by atoms with Crippen LogP contribution in [0.2, 0.25) is 0 Å². The summed E-state index contributed by atoms with van der Waals surface area (Å²) in [5, 5.41) is 17.9. The van der Waals surface area contributed by atoms with Crippen molar-refractivity contribution in [1.29, 1.82) is 0 Å². The molecule has 0 amide bonds. The number of aliphatic hydroxyl groups excluding tert-OH is 1. The Morgan fingerprint density at radius 1 is 1.77 bits per heavy atom. The van der Waals surface area contributed by atoms with Gasteiger partial charge in [0.05, 0.1) is 11.9 Å². The summed E-state index contributed by atoms with van der Waals surface area (Å²) < 4.78 is 1.64. The van der Waals surface area contributed by atoms with Crippen molar-refractivity contribution in [2.75, 3.05) is 5.75 Å². The zero-order chi connectivity index (χ0) is 9.26. The lowest BCUT2D eigenvalue weighted by atomic mass is 10.1. The molecule has 0 spiro atoms. The van der Waals surface area contributed by atoms with E-state index in [1.165, 1.54) is 6.42 Å². The quantitative estimate of drug-likeness (QED) is 0.763. The van der Waals surface area contributed by atoms with Crippen LogP contribution < -0.4 is 0 Å². The largest absolute Gasteiger partial charge is 0.386 e. The second-order valence-corrected chi connectivity index (χ2v) is 4.63.